The predicted octanol–water partition coefficient (Wildman–Crippen LogP) is 1.56. The lowest BCUT2D eigenvalue weighted by molar-refractivity contribution is -0.130. The molecule has 0 aromatic rings. The van der Waals surface area contributed by atoms with Gasteiger partial charge in [-0.15, -0.1) is 0 Å². The van der Waals surface area contributed by atoms with Gasteiger partial charge in [0.1, 0.15) is 0 Å². The molecule has 3 fully saturated rings. The highest BCUT2D eigenvalue weighted by molar-refractivity contribution is 5.77. The standard InChI is InChI=1S/C17H31N3O/c1-19(2)17(21)12-20-9-7-15(8-10-20)18-11-16(13-3-4-13)14-5-6-14/h13-16,18H,3-12H2,1-2H3. The van der Waals surface area contributed by atoms with Crippen LogP contribution in [0.25, 0.3) is 0 Å². The highest BCUT2D eigenvalue weighted by atomic mass is 16.2. The molecule has 0 bridgehead atoms. The summed E-state index contributed by atoms with van der Waals surface area (Å²) in [7, 11) is 3.68. The van der Waals surface area contributed by atoms with Crippen molar-refractivity contribution in [3.8, 4) is 0 Å². The maximum absolute atomic E-state index is 11.7. The molecular formula is C17H31N3O. The number of carbonyl (C=O) groups is 1. The van der Waals surface area contributed by atoms with E-state index in [4.69, 9.17) is 0 Å². The SMILES string of the molecule is CN(C)C(=O)CN1CCC(NCC(C2CC2)C2CC2)CC1. The van der Waals surface area contributed by atoms with Crippen LogP contribution in [0.3, 0.4) is 0 Å². The van der Waals surface area contributed by atoms with Gasteiger partial charge in [-0.1, -0.05) is 0 Å². The molecule has 1 N–H and O–H groups in total. The number of likely N-dealkylation sites (tertiary alicyclic amines) is 1. The van der Waals surface area contributed by atoms with E-state index < -0.39 is 0 Å². The lowest BCUT2D eigenvalue weighted by atomic mass is 9.96. The van der Waals surface area contributed by atoms with Crippen molar-refractivity contribution in [2.45, 2.75) is 44.6 Å². The molecule has 0 radical (unpaired) electrons. The Kier molecular flexibility index (Phi) is 4.85. The van der Waals surface area contributed by atoms with Gasteiger partial charge < -0.3 is 10.2 Å². The summed E-state index contributed by atoms with van der Waals surface area (Å²) in [5, 5.41) is 3.84. The molecular weight excluding hydrogens is 262 g/mol. The maximum atomic E-state index is 11.7. The Morgan fingerprint density at radius 1 is 1.10 bits per heavy atom. The van der Waals surface area contributed by atoms with Crippen LogP contribution in [0.5, 0.6) is 0 Å². The van der Waals surface area contributed by atoms with Crippen molar-refractivity contribution < 1.29 is 4.79 Å². The van der Waals surface area contributed by atoms with Gasteiger partial charge in [0.25, 0.3) is 0 Å². The number of piperidine rings is 1. The summed E-state index contributed by atoms with van der Waals surface area (Å²) in [5.41, 5.74) is 0. The van der Waals surface area contributed by atoms with Crippen molar-refractivity contribution >= 4 is 5.91 Å². The zero-order valence-corrected chi connectivity index (χ0v) is 13.7. The molecule has 2 aliphatic carbocycles. The van der Waals surface area contributed by atoms with Crippen molar-refractivity contribution in [3.63, 3.8) is 0 Å². The second-order valence-electron chi connectivity index (χ2n) is 7.59. The van der Waals surface area contributed by atoms with Crippen LogP contribution in [0.4, 0.5) is 0 Å². The van der Waals surface area contributed by atoms with Crippen LogP contribution in [-0.2, 0) is 4.79 Å². The summed E-state index contributed by atoms with van der Waals surface area (Å²) in [6.07, 6.45) is 8.31. The lowest BCUT2D eigenvalue weighted by Crippen LogP contribution is -2.46. The van der Waals surface area contributed by atoms with Crippen LogP contribution in [0, 0.1) is 17.8 Å². The van der Waals surface area contributed by atoms with Crippen LogP contribution in [0.1, 0.15) is 38.5 Å². The average Bonchev–Trinajstić information content (AvgIpc) is 3.35. The van der Waals surface area contributed by atoms with Gasteiger partial charge in [0.05, 0.1) is 6.54 Å². The monoisotopic (exact) mass is 293 g/mol. The van der Waals surface area contributed by atoms with E-state index in [0.717, 1.165) is 30.8 Å². The van der Waals surface area contributed by atoms with Crippen molar-refractivity contribution in [1.29, 1.82) is 0 Å². The summed E-state index contributed by atoms with van der Waals surface area (Å²) in [5.74, 6) is 3.29. The molecule has 1 heterocycles. The van der Waals surface area contributed by atoms with Gasteiger partial charge in [-0.05, 0) is 62.8 Å². The van der Waals surface area contributed by atoms with Crippen LogP contribution in [0.15, 0.2) is 0 Å². The average molecular weight is 293 g/mol. The third kappa shape index (κ3) is 4.43. The first-order valence-corrected chi connectivity index (χ1v) is 8.79. The molecule has 120 valence electrons. The molecule has 0 aromatic carbocycles. The van der Waals surface area contributed by atoms with Gasteiger partial charge >= 0.3 is 0 Å². The second-order valence-corrected chi connectivity index (χ2v) is 7.59. The Morgan fingerprint density at radius 3 is 2.14 bits per heavy atom. The quantitative estimate of drug-likeness (QED) is 0.774. The predicted molar refractivity (Wildman–Crippen MR) is 85.1 cm³/mol. The fourth-order valence-electron chi connectivity index (χ4n) is 3.70. The van der Waals surface area contributed by atoms with E-state index in [1.54, 1.807) is 4.90 Å². The summed E-state index contributed by atoms with van der Waals surface area (Å²) in [6, 6.07) is 0.677. The first kappa shape index (κ1) is 15.3. The number of carbonyl (C=O) groups excluding carboxylic acids is 1. The molecule has 1 amide bonds. The normalized spacial score (nSPS) is 24.5. The Bertz CT molecular complexity index is 343. The van der Waals surface area contributed by atoms with Gasteiger partial charge in [0.2, 0.25) is 5.91 Å². The van der Waals surface area contributed by atoms with Gasteiger partial charge in [-0.25, -0.2) is 0 Å². The molecule has 0 atom stereocenters. The minimum atomic E-state index is 0.226. The fraction of sp³-hybridized carbons (Fsp3) is 0.941. The van der Waals surface area contributed by atoms with Gasteiger partial charge in [0.15, 0.2) is 0 Å². The zero-order chi connectivity index (χ0) is 14.8. The Morgan fingerprint density at radius 2 is 1.67 bits per heavy atom. The third-order valence-electron chi connectivity index (χ3n) is 5.54. The van der Waals surface area contributed by atoms with E-state index >= 15 is 0 Å². The highest BCUT2D eigenvalue weighted by Gasteiger charge is 2.41. The van der Waals surface area contributed by atoms with Gasteiger partial charge in [-0.3, -0.25) is 9.69 Å². The Labute approximate surface area is 129 Å². The number of rotatable bonds is 7. The number of likely N-dealkylation sites (N-methyl/N-ethyl adjacent to an activating group) is 1. The summed E-state index contributed by atoms with van der Waals surface area (Å²) in [4.78, 5) is 15.7. The van der Waals surface area contributed by atoms with E-state index in [1.807, 2.05) is 14.1 Å². The zero-order valence-electron chi connectivity index (χ0n) is 13.7. The molecule has 1 aliphatic heterocycles. The largest absolute Gasteiger partial charge is 0.348 e. The molecule has 0 aromatic heterocycles. The van der Waals surface area contributed by atoms with E-state index in [1.165, 1.54) is 45.1 Å². The molecule has 2 saturated carbocycles. The summed E-state index contributed by atoms with van der Waals surface area (Å²) in [6.45, 7) is 3.96. The fourth-order valence-corrected chi connectivity index (χ4v) is 3.70. The number of nitrogens with one attached hydrogen (secondary N) is 1. The first-order chi connectivity index (χ1) is 10.1. The van der Waals surface area contributed by atoms with Crippen molar-refractivity contribution in [1.82, 2.24) is 15.1 Å². The number of hydrogen-bond donors (Lipinski definition) is 1. The van der Waals surface area contributed by atoms with Gasteiger partial charge in [0, 0.05) is 33.2 Å². The minimum Gasteiger partial charge on any atom is -0.348 e. The second kappa shape index (κ2) is 6.66. The summed E-state index contributed by atoms with van der Waals surface area (Å²) < 4.78 is 0. The first-order valence-electron chi connectivity index (χ1n) is 8.79. The van der Waals surface area contributed by atoms with Crippen molar-refractivity contribution in [3.05, 3.63) is 0 Å². The minimum absolute atomic E-state index is 0.226. The van der Waals surface area contributed by atoms with Crippen LogP contribution < -0.4 is 5.32 Å². The molecule has 0 spiro atoms. The topological polar surface area (TPSA) is 35.6 Å². The van der Waals surface area contributed by atoms with Gasteiger partial charge in [-0.2, -0.15) is 0 Å². The molecule has 4 heteroatoms. The molecule has 1 saturated heterocycles. The highest BCUT2D eigenvalue weighted by Crippen LogP contribution is 2.48. The molecule has 4 nitrogen and oxygen atoms in total. The molecule has 0 unspecified atom stereocenters. The van der Waals surface area contributed by atoms with E-state index in [2.05, 4.69) is 10.2 Å². The molecule has 21 heavy (non-hydrogen) atoms. The Hall–Kier alpha value is -0.610. The lowest BCUT2D eigenvalue weighted by Gasteiger charge is -2.33. The third-order valence-corrected chi connectivity index (χ3v) is 5.54. The van der Waals surface area contributed by atoms with E-state index in [-0.39, 0.29) is 5.91 Å². The van der Waals surface area contributed by atoms with E-state index in [0.29, 0.717) is 12.6 Å². The molecule has 3 rings (SSSR count). The number of nitrogens with zero attached hydrogens (tertiary/aromatic N) is 2. The molecule has 3 aliphatic rings. The van der Waals surface area contributed by atoms with Crippen LogP contribution in [-0.4, -0.2) is 62.0 Å². The van der Waals surface area contributed by atoms with E-state index in [9.17, 15) is 4.79 Å². The number of hydrogen-bond acceptors (Lipinski definition) is 3. The Balaban J connectivity index is 1.34. The maximum Gasteiger partial charge on any atom is 0.236 e. The van der Waals surface area contributed by atoms with Crippen LogP contribution >= 0.6 is 0 Å². The van der Waals surface area contributed by atoms with Crippen LogP contribution in [0.2, 0.25) is 0 Å². The number of amides is 1. The summed E-state index contributed by atoms with van der Waals surface area (Å²) >= 11 is 0. The van der Waals surface area contributed by atoms with Crippen molar-refractivity contribution in [2.75, 3.05) is 40.3 Å². The smallest absolute Gasteiger partial charge is 0.236 e. The van der Waals surface area contributed by atoms with Crippen molar-refractivity contribution in [2.24, 2.45) is 17.8 Å².